The van der Waals surface area contributed by atoms with Gasteiger partial charge in [-0.1, -0.05) is 24.3 Å². The van der Waals surface area contributed by atoms with Crippen molar-refractivity contribution in [1.29, 1.82) is 0 Å². The Morgan fingerprint density at radius 1 is 1.14 bits per heavy atom. The van der Waals surface area contributed by atoms with Crippen LogP contribution in [0.25, 0.3) is 0 Å². The Hall–Kier alpha value is -2.36. The summed E-state index contributed by atoms with van der Waals surface area (Å²) in [4.78, 5) is 19.1. The molecule has 1 aromatic heterocycles. The van der Waals surface area contributed by atoms with Crippen LogP contribution in [0.1, 0.15) is 25.1 Å². The van der Waals surface area contributed by atoms with E-state index in [1.54, 1.807) is 0 Å². The van der Waals surface area contributed by atoms with Gasteiger partial charge in [-0.25, -0.2) is 4.98 Å². The number of carbonyl (C=O) groups is 1. The summed E-state index contributed by atoms with van der Waals surface area (Å²) in [7, 11) is 1.84. The first kappa shape index (κ1) is 13.6. The average molecular weight is 281 g/mol. The zero-order valence-corrected chi connectivity index (χ0v) is 12.6. The Labute approximate surface area is 124 Å². The number of hydrogen-bond acceptors (Lipinski definition) is 3. The lowest BCUT2D eigenvalue weighted by Gasteiger charge is -2.20. The molecule has 1 N–H and O–H groups in total. The molecule has 0 saturated carbocycles. The van der Waals surface area contributed by atoms with E-state index < -0.39 is 5.41 Å². The molecule has 1 aromatic carbocycles. The first-order valence-electron chi connectivity index (χ1n) is 7.09. The highest BCUT2D eigenvalue weighted by molar-refractivity contribution is 6.07. The van der Waals surface area contributed by atoms with Crippen molar-refractivity contribution in [3.8, 4) is 0 Å². The predicted octanol–water partition coefficient (Wildman–Crippen LogP) is 2.95. The second-order valence-electron chi connectivity index (χ2n) is 5.80. The standard InChI is InChI=1S/C17H19N3O/c1-17(2)13-8-4-5-9-14(13)20(16(17)21)11-12-7-6-10-15(18-3)19-12/h4-10H,11H2,1-3H3,(H,18,19). The molecule has 21 heavy (non-hydrogen) atoms. The molecule has 4 heteroatoms. The van der Waals surface area contributed by atoms with Crippen LogP contribution in [0.15, 0.2) is 42.5 Å². The smallest absolute Gasteiger partial charge is 0.237 e. The summed E-state index contributed by atoms with van der Waals surface area (Å²) in [6.45, 7) is 4.45. The van der Waals surface area contributed by atoms with Gasteiger partial charge in [0, 0.05) is 12.7 Å². The molecule has 108 valence electrons. The van der Waals surface area contributed by atoms with Gasteiger partial charge in [-0.05, 0) is 37.6 Å². The van der Waals surface area contributed by atoms with Crippen molar-refractivity contribution in [2.45, 2.75) is 25.8 Å². The van der Waals surface area contributed by atoms with Gasteiger partial charge < -0.3 is 10.2 Å². The number of benzene rings is 1. The molecule has 1 aliphatic rings. The number of nitrogens with zero attached hydrogens (tertiary/aromatic N) is 2. The van der Waals surface area contributed by atoms with E-state index in [-0.39, 0.29) is 5.91 Å². The number of aromatic nitrogens is 1. The summed E-state index contributed by atoms with van der Waals surface area (Å²) < 4.78 is 0. The normalized spacial score (nSPS) is 16.0. The number of para-hydroxylation sites is 1. The molecule has 0 saturated heterocycles. The minimum Gasteiger partial charge on any atom is -0.373 e. The fraction of sp³-hybridized carbons (Fsp3) is 0.294. The second kappa shape index (κ2) is 4.88. The van der Waals surface area contributed by atoms with Gasteiger partial charge in [-0.15, -0.1) is 0 Å². The molecule has 1 amide bonds. The number of anilines is 2. The summed E-state index contributed by atoms with van der Waals surface area (Å²) in [5, 5.41) is 3.02. The van der Waals surface area contributed by atoms with E-state index in [0.29, 0.717) is 6.54 Å². The number of pyridine rings is 1. The summed E-state index contributed by atoms with van der Waals surface area (Å²) in [5.41, 5.74) is 2.48. The molecule has 0 bridgehead atoms. The van der Waals surface area contributed by atoms with Gasteiger partial charge in [-0.3, -0.25) is 4.79 Å². The summed E-state index contributed by atoms with van der Waals surface area (Å²) >= 11 is 0. The van der Waals surface area contributed by atoms with Crippen LogP contribution >= 0.6 is 0 Å². The van der Waals surface area contributed by atoms with E-state index in [0.717, 1.165) is 22.8 Å². The first-order valence-corrected chi connectivity index (χ1v) is 7.09. The highest BCUT2D eigenvalue weighted by Gasteiger charge is 2.43. The Morgan fingerprint density at radius 3 is 2.67 bits per heavy atom. The van der Waals surface area contributed by atoms with E-state index >= 15 is 0 Å². The quantitative estimate of drug-likeness (QED) is 0.940. The SMILES string of the molecule is CNc1cccc(CN2C(=O)C(C)(C)c3ccccc32)n1. The molecule has 0 radical (unpaired) electrons. The molecule has 0 fully saturated rings. The van der Waals surface area contributed by atoms with Gasteiger partial charge >= 0.3 is 0 Å². The fourth-order valence-electron chi connectivity index (χ4n) is 2.83. The Kier molecular flexibility index (Phi) is 3.16. The largest absolute Gasteiger partial charge is 0.373 e. The Bertz CT molecular complexity index is 694. The number of nitrogens with one attached hydrogen (secondary N) is 1. The van der Waals surface area contributed by atoms with Crippen molar-refractivity contribution in [2.24, 2.45) is 0 Å². The van der Waals surface area contributed by atoms with Crippen LogP contribution in [-0.2, 0) is 16.8 Å². The molecule has 0 aliphatic carbocycles. The molecule has 0 spiro atoms. The molecule has 2 aromatic rings. The Balaban J connectivity index is 1.97. The van der Waals surface area contributed by atoms with Crippen molar-refractivity contribution < 1.29 is 4.79 Å². The molecule has 1 aliphatic heterocycles. The minimum atomic E-state index is -0.475. The third-order valence-corrected chi connectivity index (χ3v) is 4.03. The maximum Gasteiger partial charge on any atom is 0.237 e. The third-order valence-electron chi connectivity index (χ3n) is 4.03. The highest BCUT2D eigenvalue weighted by Crippen LogP contribution is 2.41. The monoisotopic (exact) mass is 281 g/mol. The number of hydrogen-bond donors (Lipinski definition) is 1. The lowest BCUT2D eigenvalue weighted by molar-refractivity contribution is -0.122. The predicted molar refractivity (Wildman–Crippen MR) is 84.4 cm³/mol. The van der Waals surface area contributed by atoms with E-state index in [2.05, 4.69) is 10.3 Å². The van der Waals surface area contributed by atoms with Crippen molar-refractivity contribution in [3.05, 3.63) is 53.7 Å². The number of carbonyl (C=O) groups excluding carboxylic acids is 1. The van der Waals surface area contributed by atoms with Gasteiger partial charge in [0.15, 0.2) is 0 Å². The molecular formula is C17H19N3O. The number of fused-ring (bicyclic) bond motifs is 1. The van der Waals surface area contributed by atoms with Crippen molar-refractivity contribution >= 4 is 17.4 Å². The Morgan fingerprint density at radius 2 is 1.90 bits per heavy atom. The topological polar surface area (TPSA) is 45.2 Å². The minimum absolute atomic E-state index is 0.125. The molecular weight excluding hydrogens is 262 g/mol. The van der Waals surface area contributed by atoms with Crippen LogP contribution in [0.4, 0.5) is 11.5 Å². The van der Waals surface area contributed by atoms with Crippen molar-refractivity contribution in [1.82, 2.24) is 4.98 Å². The number of rotatable bonds is 3. The van der Waals surface area contributed by atoms with Gasteiger partial charge in [0.1, 0.15) is 5.82 Å². The average Bonchev–Trinajstić information content (AvgIpc) is 2.69. The fourth-order valence-corrected chi connectivity index (χ4v) is 2.83. The molecule has 0 unspecified atom stereocenters. The lowest BCUT2D eigenvalue weighted by atomic mass is 9.86. The lowest BCUT2D eigenvalue weighted by Crippen LogP contribution is -2.35. The summed E-state index contributed by atoms with van der Waals surface area (Å²) in [5.74, 6) is 0.937. The zero-order chi connectivity index (χ0) is 15.0. The molecule has 4 nitrogen and oxygen atoms in total. The van der Waals surface area contributed by atoms with Crippen LogP contribution in [0.3, 0.4) is 0 Å². The van der Waals surface area contributed by atoms with Crippen LogP contribution < -0.4 is 10.2 Å². The van der Waals surface area contributed by atoms with Crippen molar-refractivity contribution in [2.75, 3.05) is 17.3 Å². The van der Waals surface area contributed by atoms with E-state index in [1.807, 2.05) is 68.3 Å². The van der Waals surface area contributed by atoms with Gasteiger partial charge in [-0.2, -0.15) is 0 Å². The van der Waals surface area contributed by atoms with Crippen LogP contribution in [0.5, 0.6) is 0 Å². The highest BCUT2D eigenvalue weighted by atomic mass is 16.2. The maximum absolute atomic E-state index is 12.7. The van der Waals surface area contributed by atoms with Crippen LogP contribution in [-0.4, -0.2) is 17.9 Å². The molecule has 0 atom stereocenters. The van der Waals surface area contributed by atoms with Crippen LogP contribution in [0, 0.1) is 0 Å². The van der Waals surface area contributed by atoms with E-state index in [1.165, 1.54) is 0 Å². The second-order valence-corrected chi connectivity index (χ2v) is 5.80. The van der Waals surface area contributed by atoms with Gasteiger partial charge in [0.25, 0.3) is 0 Å². The van der Waals surface area contributed by atoms with E-state index in [4.69, 9.17) is 0 Å². The first-order chi connectivity index (χ1) is 10.0. The summed E-state index contributed by atoms with van der Waals surface area (Å²) in [6, 6.07) is 13.8. The third kappa shape index (κ3) is 2.17. The van der Waals surface area contributed by atoms with Gasteiger partial charge in [0.05, 0.1) is 17.7 Å². The van der Waals surface area contributed by atoms with Gasteiger partial charge in [0.2, 0.25) is 5.91 Å². The molecule has 2 heterocycles. The maximum atomic E-state index is 12.7. The van der Waals surface area contributed by atoms with Crippen molar-refractivity contribution in [3.63, 3.8) is 0 Å². The molecule has 3 rings (SSSR count). The zero-order valence-electron chi connectivity index (χ0n) is 12.6. The van der Waals surface area contributed by atoms with Crippen LogP contribution in [0.2, 0.25) is 0 Å². The van der Waals surface area contributed by atoms with E-state index in [9.17, 15) is 4.79 Å². The summed E-state index contributed by atoms with van der Waals surface area (Å²) in [6.07, 6.45) is 0. The number of amides is 1.